The topological polar surface area (TPSA) is 37.2 Å². The maximum absolute atomic E-state index is 4.72. The number of pyridine rings is 1. The van der Waals surface area contributed by atoms with Crippen molar-refractivity contribution in [3.05, 3.63) is 47.0 Å². The molecule has 0 amide bonds. The van der Waals surface area contributed by atoms with E-state index in [1.54, 1.807) is 0 Å². The van der Waals surface area contributed by atoms with E-state index in [2.05, 4.69) is 66.5 Å². The molecule has 0 bridgehead atoms. The number of hydrogen-bond acceptors (Lipinski definition) is 4. The first kappa shape index (κ1) is 18.6. The molecule has 5 heteroatoms. The molecule has 0 aliphatic carbocycles. The summed E-state index contributed by atoms with van der Waals surface area (Å²) in [7, 11) is 4.24. The largest absolute Gasteiger partial charge is 0.308 e. The van der Waals surface area contributed by atoms with Crippen LogP contribution in [0.4, 0.5) is 0 Å². The number of aromatic nitrogens is 3. The van der Waals surface area contributed by atoms with Crippen LogP contribution in [-0.4, -0.2) is 51.7 Å². The molecule has 0 unspecified atom stereocenters. The summed E-state index contributed by atoms with van der Waals surface area (Å²) in [5.74, 6) is 0. The fourth-order valence-corrected chi connectivity index (χ4v) is 2.89. The third-order valence-corrected chi connectivity index (χ3v) is 4.32. The molecule has 0 N–H and O–H groups in total. The first-order chi connectivity index (χ1) is 11.5. The van der Waals surface area contributed by atoms with Gasteiger partial charge in [0.1, 0.15) is 0 Å². The molecule has 132 valence electrons. The lowest BCUT2D eigenvalue weighted by Gasteiger charge is -2.24. The highest BCUT2D eigenvalue weighted by molar-refractivity contribution is 5.24. The molecule has 0 aliphatic rings. The molecule has 0 saturated heterocycles. The van der Waals surface area contributed by atoms with Crippen LogP contribution in [0, 0.1) is 13.8 Å². The summed E-state index contributed by atoms with van der Waals surface area (Å²) in [6, 6.07) is 6.13. The SMILES string of the molecule is CCCn1nc(C)c(CN(CCN(C)C)Cc2ccccn2)c1C. The predicted molar refractivity (Wildman–Crippen MR) is 98.9 cm³/mol. The quantitative estimate of drug-likeness (QED) is 0.709. The van der Waals surface area contributed by atoms with Crippen LogP contribution < -0.4 is 0 Å². The molecule has 2 aromatic heterocycles. The van der Waals surface area contributed by atoms with Gasteiger partial charge >= 0.3 is 0 Å². The maximum atomic E-state index is 4.72. The minimum absolute atomic E-state index is 0.868. The Hall–Kier alpha value is -1.72. The molecule has 0 fully saturated rings. The van der Waals surface area contributed by atoms with Crippen LogP contribution in [0.25, 0.3) is 0 Å². The number of aryl methyl sites for hydroxylation is 2. The second-order valence-corrected chi connectivity index (χ2v) is 6.71. The van der Waals surface area contributed by atoms with Gasteiger partial charge in [0.25, 0.3) is 0 Å². The number of nitrogens with zero attached hydrogens (tertiary/aromatic N) is 5. The van der Waals surface area contributed by atoms with E-state index in [0.29, 0.717) is 0 Å². The zero-order valence-electron chi connectivity index (χ0n) is 15.8. The molecule has 5 nitrogen and oxygen atoms in total. The van der Waals surface area contributed by atoms with E-state index < -0.39 is 0 Å². The van der Waals surface area contributed by atoms with Crippen LogP contribution in [0.2, 0.25) is 0 Å². The van der Waals surface area contributed by atoms with E-state index >= 15 is 0 Å². The number of hydrogen-bond donors (Lipinski definition) is 0. The van der Waals surface area contributed by atoms with E-state index in [1.807, 2.05) is 12.3 Å². The molecule has 2 rings (SSSR count). The van der Waals surface area contributed by atoms with Gasteiger partial charge in [0, 0.05) is 50.2 Å². The Bertz CT molecular complexity index is 618. The van der Waals surface area contributed by atoms with Crippen LogP contribution in [0.1, 0.15) is 36.0 Å². The molecule has 2 aromatic rings. The van der Waals surface area contributed by atoms with Crippen molar-refractivity contribution in [2.24, 2.45) is 0 Å². The Kier molecular flexibility index (Phi) is 6.94. The van der Waals surface area contributed by atoms with E-state index in [1.165, 1.54) is 11.3 Å². The summed E-state index contributed by atoms with van der Waals surface area (Å²) >= 11 is 0. The zero-order valence-corrected chi connectivity index (χ0v) is 15.8. The van der Waals surface area contributed by atoms with Gasteiger partial charge in [-0.3, -0.25) is 14.6 Å². The van der Waals surface area contributed by atoms with Crippen LogP contribution >= 0.6 is 0 Å². The molecule has 0 saturated carbocycles. The summed E-state index contributed by atoms with van der Waals surface area (Å²) in [5.41, 5.74) is 4.92. The van der Waals surface area contributed by atoms with Crippen molar-refractivity contribution in [2.45, 2.75) is 46.8 Å². The predicted octanol–water partition coefficient (Wildman–Crippen LogP) is 2.87. The Labute approximate surface area is 146 Å². The minimum Gasteiger partial charge on any atom is -0.308 e. The molecular formula is C19H31N5. The smallest absolute Gasteiger partial charge is 0.0641 e. The molecule has 0 aromatic carbocycles. The van der Waals surface area contributed by atoms with E-state index in [9.17, 15) is 0 Å². The van der Waals surface area contributed by atoms with Crippen LogP contribution in [-0.2, 0) is 19.6 Å². The fourth-order valence-electron chi connectivity index (χ4n) is 2.89. The minimum atomic E-state index is 0.868. The molecule has 0 atom stereocenters. The average molecular weight is 329 g/mol. The zero-order chi connectivity index (χ0) is 17.5. The molecular weight excluding hydrogens is 298 g/mol. The maximum Gasteiger partial charge on any atom is 0.0641 e. The lowest BCUT2D eigenvalue weighted by molar-refractivity contribution is 0.223. The lowest BCUT2D eigenvalue weighted by Crippen LogP contribution is -2.31. The van der Waals surface area contributed by atoms with Gasteiger partial charge in [0.05, 0.1) is 11.4 Å². The van der Waals surface area contributed by atoms with Gasteiger partial charge in [-0.1, -0.05) is 13.0 Å². The fraction of sp³-hybridized carbons (Fsp3) is 0.579. The standard InChI is InChI=1S/C19H31N5/c1-6-11-24-17(3)19(16(2)21-24)15-23(13-12-22(4)5)14-18-9-7-8-10-20-18/h7-10H,6,11-15H2,1-5H3. The van der Waals surface area contributed by atoms with E-state index in [4.69, 9.17) is 5.10 Å². The van der Waals surface area contributed by atoms with Crippen molar-refractivity contribution in [3.8, 4) is 0 Å². The molecule has 0 aliphatic heterocycles. The van der Waals surface area contributed by atoms with Gasteiger partial charge < -0.3 is 4.90 Å². The van der Waals surface area contributed by atoms with Crippen LogP contribution in [0.15, 0.2) is 24.4 Å². The van der Waals surface area contributed by atoms with E-state index in [-0.39, 0.29) is 0 Å². The lowest BCUT2D eigenvalue weighted by atomic mass is 10.1. The molecule has 2 heterocycles. The summed E-state index contributed by atoms with van der Waals surface area (Å²) in [6.45, 7) is 11.3. The second-order valence-electron chi connectivity index (χ2n) is 6.71. The Morgan fingerprint density at radius 3 is 2.50 bits per heavy atom. The van der Waals surface area contributed by atoms with Crippen LogP contribution in [0.5, 0.6) is 0 Å². The molecule has 0 spiro atoms. The molecule has 24 heavy (non-hydrogen) atoms. The van der Waals surface area contributed by atoms with Crippen molar-refractivity contribution in [3.63, 3.8) is 0 Å². The first-order valence-electron chi connectivity index (χ1n) is 8.81. The summed E-state index contributed by atoms with van der Waals surface area (Å²) < 4.78 is 2.15. The van der Waals surface area contributed by atoms with Gasteiger partial charge in [0.2, 0.25) is 0 Å². The molecule has 0 radical (unpaired) electrons. The first-order valence-corrected chi connectivity index (χ1v) is 8.81. The second kappa shape index (κ2) is 8.94. The monoisotopic (exact) mass is 329 g/mol. The van der Waals surface area contributed by atoms with E-state index in [0.717, 1.165) is 50.5 Å². The number of rotatable bonds is 9. The van der Waals surface area contributed by atoms with Crippen molar-refractivity contribution in [1.82, 2.24) is 24.6 Å². The van der Waals surface area contributed by atoms with Gasteiger partial charge in [-0.2, -0.15) is 5.10 Å². The highest BCUT2D eigenvalue weighted by Gasteiger charge is 2.16. The van der Waals surface area contributed by atoms with Crippen LogP contribution in [0.3, 0.4) is 0 Å². The Balaban J connectivity index is 2.15. The Morgan fingerprint density at radius 2 is 1.88 bits per heavy atom. The normalized spacial score (nSPS) is 11.6. The Morgan fingerprint density at radius 1 is 1.08 bits per heavy atom. The van der Waals surface area contributed by atoms with Crippen molar-refractivity contribution in [2.75, 3.05) is 27.2 Å². The van der Waals surface area contributed by atoms with Gasteiger partial charge in [-0.15, -0.1) is 0 Å². The third-order valence-electron chi connectivity index (χ3n) is 4.32. The van der Waals surface area contributed by atoms with Crippen molar-refractivity contribution < 1.29 is 0 Å². The van der Waals surface area contributed by atoms with Gasteiger partial charge in [-0.25, -0.2) is 0 Å². The van der Waals surface area contributed by atoms with Crippen molar-refractivity contribution >= 4 is 0 Å². The van der Waals surface area contributed by atoms with Crippen molar-refractivity contribution in [1.29, 1.82) is 0 Å². The third kappa shape index (κ3) is 5.14. The highest BCUT2D eigenvalue weighted by Crippen LogP contribution is 2.17. The summed E-state index contributed by atoms with van der Waals surface area (Å²) in [4.78, 5) is 9.19. The summed E-state index contributed by atoms with van der Waals surface area (Å²) in [6.07, 6.45) is 2.98. The van der Waals surface area contributed by atoms with Gasteiger partial charge in [0.15, 0.2) is 0 Å². The summed E-state index contributed by atoms with van der Waals surface area (Å²) in [5, 5.41) is 4.72. The average Bonchev–Trinajstić information content (AvgIpc) is 2.81. The number of likely N-dealkylation sites (N-methyl/N-ethyl adjacent to an activating group) is 1. The highest BCUT2D eigenvalue weighted by atomic mass is 15.3. The van der Waals surface area contributed by atoms with Gasteiger partial charge in [-0.05, 0) is 46.5 Å².